The van der Waals surface area contributed by atoms with Gasteiger partial charge >= 0.3 is 0 Å². The van der Waals surface area contributed by atoms with Crippen LogP contribution in [0, 0.1) is 0 Å². The highest BCUT2D eigenvalue weighted by atomic mass is 16.3. The van der Waals surface area contributed by atoms with Gasteiger partial charge < -0.3 is 30.6 Å². The summed E-state index contributed by atoms with van der Waals surface area (Å²) in [6.45, 7) is 0. The van der Waals surface area contributed by atoms with Crippen molar-refractivity contribution in [3.63, 3.8) is 0 Å². The van der Waals surface area contributed by atoms with Crippen LogP contribution in [0.4, 0.5) is 0 Å². The van der Waals surface area contributed by atoms with Crippen LogP contribution in [-0.2, 0) is 5.41 Å². The molecule has 0 saturated carbocycles. The number of aromatic hydroxyl groups is 6. The monoisotopic (exact) mass is 514 g/mol. The van der Waals surface area contributed by atoms with Crippen LogP contribution in [0.3, 0.4) is 0 Å². The molecule has 2 aliphatic rings. The Hall–Kier alpha value is -5.36. The van der Waals surface area contributed by atoms with Crippen molar-refractivity contribution in [3.05, 3.63) is 118 Å². The number of allylic oxidation sites excluding steroid dienone is 4. The molecule has 39 heavy (non-hydrogen) atoms. The minimum Gasteiger partial charge on any atom is -0.504 e. The van der Waals surface area contributed by atoms with Gasteiger partial charge in [-0.3, -0.25) is 0 Å². The molecule has 0 fully saturated rings. The molecule has 5 aromatic carbocycles. The Kier molecular flexibility index (Phi) is 4.57. The number of phenols is 6. The largest absolute Gasteiger partial charge is 0.504 e. The Balaban J connectivity index is 1.78. The summed E-state index contributed by atoms with van der Waals surface area (Å²) < 4.78 is 0. The minimum absolute atomic E-state index is 0.175. The van der Waals surface area contributed by atoms with Crippen LogP contribution < -0.4 is 10.4 Å². The van der Waals surface area contributed by atoms with Gasteiger partial charge in [-0.1, -0.05) is 66.8 Å². The summed E-state index contributed by atoms with van der Waals surface area (Å²) in [5.74, 6) is -3.55. The third-order valence-electron chi connectivity index (χ3n) is 7.94. The Morgan fingerprint density at radius 3 is 1.62 bits per heavy atom. The van der Waals surface area contributed by atoms with Gasteiger partial charge in [-0.15, -0.1) is 0 Å². The molecule has 7 rings (SSSR count). The van der Waals surface area contributed by atoms with E-state index in [0.29, 0.717) is 5.57 Å². The van der Waals surface area contributed by atoms with Crippen LogP contribution in [0.5, 0.6) is 34.5 Å². The normalized spacial score (nSPS) is 15.2. The topological polar surface area (TPSA) is 121 Å². The van der Waals surface area contributed by atoms with Gasteiger partial charge in [0.15, 0.2) is 23.0 Å². The molecule has 0 spiro atoms. The molecule has 0 amide bonds. The molecule has 190 valence electrons. The lowest BCUT2D eigenvalue weighted by Crippen LogP contribution is -2.36. The summed E-state index contributed by atoms with van der Waals surface area (Å²) in [7, 11) is 0. The first kappa shape index (κ1) is 22.8. The second-order valence-corrected chi connectivity index (χ2v) is 9.85. The number of rotatable bonds is 2. The van der Waals surface area contributed by atoms with Gasteiger partial charge in [0.25, 0.3) is 0 Å². The quantitative estimate of drug-likeness (QED) is 0.151. The average molecular weight is 515 g/mol. The molecule has 0 saturated heterocycles. The highest BCUT2D eigenvalue weighted by Crippen LogP contribution is 2.57. The fraction of sp³-hybridized carbons (Fsp3) is 0.0303. The SMILES string of the molecule is Oc1ccc(C2(c3ccc(O)c(O)c3O)C=CC=C3C=c4c(c5ccccc5c5ccccc45)=C32)c(O)c1O. The van der Waals surface area contributed by atoms with Crippen molar-refractivity contribution in [3.8, 4) is 34.5 Å². The molecule has 6 nitrogen and oxygen atoms in total. The van der Waals surface area contributed by atoms with E-state index in [1.54, 1.807) is 12.2 Å². The third-order valence-corrected chi connectivity index (χ3v) is 7.94. The molecule has 0 unspecified atom stereocenters. The van der Waals surface area contributed by atoms with Crippen LogP contribution in [0.15, 0.2) is 96.6 Å². The molecule has 0 heterocycles. The number of benzene rings is 5. The maximum atomic E-state index is 11.2. The summed E-state index contributed by atoms with van der Waals surface area (Å²) in [5, 5.41) is 69.9. The Labute approximate surface area is 221 Å². The molecule has 0 aromatic heterocycles. The molecule has 0 aliphatic heterocycles. The van der Waals surface area contributed by atoms with E-state index < -0.39 is 39.9 Å². The van der Waals surface area contributed by atoms with E-state index in [4.69, 9.17) is 0 Å². The predicted molar refractivity (Wildman–Crippen MR) is 149 cm³/mol. The van der Waals surface area contributed by atoms with Crippen LogP contribution in [-0.4, -0.2) is 30.6 Å². The highest BCUT2D eigenvalue weighted by Gasteiger charge is 2.45. The van der Waals surface area contributed by atoms with Crippen molar-refractivity contribution in [2.24, 2.45) is 0 Å². The van der Waals surface area contributed by atoms with Crippen LogP contribution in [0.1, 0.15) is 11.1 Å². The average Bonchev–Trinajstić information content (AvgIpc) is 3.36. The van der Waals surface area contributed by atoms with E-state index in [9.17, 15) is 30.6 Å². The van der Waals surface area contributed by atoms with Gasteiger partial charge in [-0.25, -0.2) is 0 Å². The number of hydrogen-bond acceptors (Lipinski definition) is 6. The second-order valence-electron chi connectivity index (χ2n) is 9.85. The second kappa shape index (κ2) is 7.82. The number of hydrogen-bond donors (Lipinski definition) is 6. The molecular weight excluding hydrogens is 492 g/mol. The lowest BCUT2D eigenvalue weighted by molar-refractivity contribution is 0.358. The molecule has 5 aromatic rings. The van der Waals surface area contributed by atoms with Gasteiger partial charge in [0.1, 0.15) is 0 Å². The zero-order valence-electron chi connectivity index (χ0n) is 20.4. The van der Waals surface area contributed by atoms with Crippen molar-refractivity contribution in [2.45, 2.75) is 5.41 Å². The molecule has 0 atom stereocenters. The lowest BCUT2D eigenvalue weighted by Gasteiger charge is -2.37. The first-order valence-corrected chi connectivity index (χ1v) is 12.4. The van der Waals surface area contributed by atoms with Crippen molar-refractivity contribution < 1.29 is 30.6 Å². The van der Waals surface area contributed by atoms with E-state index in [1.807, 2.05) is 42.5 Å². The van der Waals surface area contributed by atoms with Gasteiger partial charge in [0.05, 0.1) is 5.41 Å². The summed E-state index contributed by atoms with van der Waals surface area (Å²) in [4.78, 5) is 0. The van der Waals surface area contributed by atoms with Crippen LogP contribution in [0.2, 0.25) is 0 Å². The molecule has 0 radical (unpaired) electrons. The van der Waals surface area contributed by atoms with Gasteiger partial charge in [-0.2, -0.15) is 0 Å². The summed E-state index contributed by atoms with van der Waals surface area (Å²) >= 11 is 0. The zero-order chi connectivity index (χ0) is 27.1. The van der Waals surface area contributed by atoms with Crippen LogP contribution >= 0.6 is 0 Å². The number of fused-ring (bicyclic) bond motifs is 7. The number of phenolic OH excluding ortho intramolecular Hbond substituents is 6. The van der Waals surface area contributed by atoms with Crippen molar-refractivity contribution in [2.75, 3.05) is 0 Å². The van der Waals surface area contributed by atoms with E-state index in [1.165, 1.54) is 24.3 Å². The minimum atomic E-state index is -1.44. The van der Waals surface area contributed by atoms with E-state index >= 15 is 0 Å². The van der Waals surface area contributed by atoms with Gasteiger partial charge in [0.2, 0.25) is 11.5 Å². The van der Waals surface area contributed by atoms with E-state index in [0.717, 1.165) is 37.6 Å². The van der Waals surface area contributed by atoms with Crippen molar-refractivity contribution in [1.29, 1.82) is 0 Å². The molecule has 6 N–H and O–H groups in total. The van der Waals surface area contributed by atoms with Crippen LogP contribution in [0.25, 0.3) is 33.2 Å². The van der Waals surface area contributed by atoms with E-state index in [-0.39, 0.29) is 11.1 Å². The van der Waals surface area contributed by atoms with Gasteiger partial charge in [0, 0.05) is 11.1 Å². The summed E-state index contributed by atoms with van der Waals surface area (Å²) in [6.07, 6.45) is 7.56. The van der Waals surface area contributed by atoms with Crippen molar-refractivity contribution >= 4 is 33.2 Å². The Morgan fingerprint density at radius 2 is 1.03 bits per heavy atom. The third kappa shape index (κ3) is 2.85. The smallest absolute Gasteiger partial charge is 0.200 e. The Morgan fingerprint density at radius 1 is 0.513 bits per heavy atom. The fourth-order valence-electron chi connectivity index (χ4n) is 6.26. The van der Waals surface area contributed by atoms with Gasteiger partial charge in [-0.05, 0) is 73.5 Å². The predicted octanol–water partition coefficient (Wildman–Crippen LogP) is 4.65. The molecule has 2 aliphatic carbocycles. The van der Waals surface area contributed by atoms with Crippen molar-refractivity contribution in [1.82, 2.24) is 0 Å². The Bertz CT molecular complexity index is 2030. The molecule has 6 heteroatoms. The first-order valence-electron chi connectivity index (χ1n) is 12.4. The highest BCUT2D eigenvalue weighted by molar-refractivity contribution is 6.12. The molecule has 0 bridgehead atoms. The molecular formula is C33H22O6. The summed E-state index contributed by atoms with van der Waals surface area (Å²) in [5.41, 5.74) is 0.430. The zero-order valence-corrected chi connectivity index (χ0v) is 20.4. The maximum absolute atomic E-state index is 11.2. The first-order chi connectivity index (χ1) is 18.8. The fourth-order valence-corrected chi connectivity index (χ4v) is 6.26. The van der Waals surface area contributed by atoms with E-state index in [2.05, 4.69) is 18.2 Å². The lowest BCUT2D eigenvalue weighted by atomic mass is 9.64. The maximum Gasteiger partial charge on any atom is 0.200 e. The summed E-state index contributed by atoms with van der Waals surface area (Å²) in [6, 6.07) is 21.6. The standard InChI is InChI=1S/C33H22O6/c34-25-13-11-23(29(36)31(25)38)33(24-12-14-26(35)32(39)30(24)37)15-5-6-17-16-22-20-9-2-1-7-18(20)19-8-3-4-10-21(19)27(22)28(17)33/h1-16,34-39H.